The number of rotatable bonds is 2. The molecule has 2 N–H and O–H groups in total. The van der Waals surface area contributed by atoms with Crippen molar-refractivity contribution >= 4 is 5.91 Å². The summed E-state index contributed by atoms with van der Waals surface area (Å²) in [5.74, 6) is 0.0290. The third kappa shape index (κ3) is 2.49. The van der Waals surface area contributed by atoms with Crippen LogP contribution >= 0.6 is 0 Å². The van der Waals surface area contributed by atoms with E-state index in [1.54, 1.807) is 0 Å². The van der Waals surface area contributed by atoms with Crippen LogP contribution in [0, 0.1) is 5.92 Å². The first kappa shape index (κ1) is 10.9. The number of amides is 1. The Morgan fingerprint density at radius 3 is 2.40 bits per heavy atom. The third-order valence-electron chi connectivity index (χ3n) is 3.86. The van der Waals surface area contributed by atoms with Crippen LogP contribution in [0.15, 0.2) is 0 Å². The van der Waals surface area contributed by atoms with Crippen molar-refractivity contribution in [3.05, 3.63) is 0 Å². The molecule has 0 aromatic rings. The van der Waals surface area contributed by atoms with Crippen LogP contribution in [0.2, 0.25) is 0 Å². The van der Waals surface area contributed by atoms with E-state index in [1.807, 2.05) is 0 Å². The Hall–Kier alpha value is -0.610. The fraction of sp³-hybridized carbons (Fsp3) is 0.909. The minimum atomic E-state index is -0.105. The van der Waals surface area contributed by atoms with E-state index in [0.29, 0.717) is 6.04 Å². The van der Waals surface area contributed by atoms with Crippen molar-refractivity contribution in [3.8, 4) is 0 Å². The quantitative estimate of drug-likeness (QED) is 0.693. The number of piperazine rings is 1. The molecular weight excluding hydrogens is 190 g/mol. The first-order valence-corrected chi connectivity index (χ1v) is 5.88. The van der Waals surface area contributed by atoms with Gasteiger partial charge in [0, 0.05) is 38.1 Å². The lowest BCUT2D eigenvalue weighted by Crippen LogP contribution is -2.48. The molecule has 0 radical (unpaired) electrons. The van der Waals surface area contributed by atoms with Gasteiger partial charge in [0.1, 0.15) is 0 Å². The van der Waals surface area contributed by atoms with Crippen molar-refractivity contribution in [2.24, 2.45) is 11.7 Å². The van der Waals surface area contributed by atoms with Gasteiger partial charge in [-0.3, -0.25) is 9.69 Å². The molecule has 0 aromatic heterocycles. The average Bonchev–Trinajstić information content (AvgIpc) is 2.68. The Kier molecular flexibility index (Phi) is 3.26. The number of nitrogens with zero attached hydrogens (tertiary/aromatic N) is 2. The number of hydrogen-bond donors (Lipinski definition) is 1. The monoisotopic (exact) mass is 211 g/mol. The average molecular weight is 211 g/mol. The van der Waals surface area contributed by atoms with E-state index < -0.39 is 0 Å². The molecule has 1 saturated heterocycles. The van der Waals surface area contributed by atoms with Crippen LogP contribution in [0.5, 0.6) is 0 Å². The van der Waals surface area contributed by atoms with E-state index >= 15 is 0 Å². The standard InChI is InChI=1S/C11H21N3O/c1-13-4-6-14(7-5-13)10-3-2-9(8-10)11(12)15/h9-10H,2-8H2,1H3,(H2,12,15). The molecule has 15 heavy (non-hydrogen) atoms. The van der Waals surface area contributed by atoms with Crippen molar-refractivity contribution < 1.29 is 4.79 Å². The van der Waals surface area contributed by atoms with Crippen LogP contribution in [0.1, 0.15) is 19.3 Å². The van der Waals surface area contributed by atoms with Gasteiger partial charge in [-0.2, -0.15) is 0 Å². The van der Waals surface area contributed by atoms with Gasteiger partial charge in [-0.1, -0.05) is 0 Å². The molecule has 2 aliphatic rings. The van der Waals surface area contributed by atoms with E-state index in [2.05, 4.69) is 16.8 Å². The van der Waals surface area contributed by atoms with Crippen LogP contribution in [0.4, 0.5) is 0 Å². The van der Waals surface area contributed by atoms with Crippen molar-refractivity contribution in [1.82, 2.24) is 9.80 Å². The minimum Gasteiger partial charge on any atom is -0.369 e. The van der Waals surface area contributed by atoms with Crippen LogP contribution in [0.3, 0.4) is 0 Å². The second kappa shape index (κ2) is 4.49. The molecule has 2 atom stereocenters. The van der Waals surface area contributed by atoms with Crippen molar-refractivity contribution in [3.63, 3.8) is 0 Å². The molecule has 0 bridgehead atoms. The summed E-state index contributed by atoms with van der Waals surface area (Å²) in [6.45, 7) is 4.59. The van der Waals surface area contributed by atoms with E-state index in [9.17, 15) is 4.79 Å². The molecule has 0 spiro atoms. The molecule has 1 amide bonds. The number of nitrogens with two attached hydrogens (primary N) is 1. The number of likely N-dealkylation sites (N-methyl/N-ethyl adjacent to an activating group) is 1. The van der Waals surface area contributed by atoms with E-state index in [0.717, 1.165) is 45.4 Å². The fourth-order valence-corrected chi connectivity index (χ4v) is 2.73. The molecular formula is C11H21N3O. The zero-order valence-corrected chi connectivity index (χ0v) is 9.48. The van der Waals surface area contributed by atoms with Gasteiger partial charge in [0.05, 0.1) is 0 Å². The molecule has 4 nitrogen and oxygen atoms in total. The summed E-state index contributed by atoms with van der Waals surface area (Å²) < 4.78 is 0. The van der Waals surface area contributed by atoms with Crippen LogP contribution in [-0.2, 0) is 4.79 Å². The zero-order chi connectivity index (χ0) is 10.8. The van der Waals surface area contributed by atoms with Gasteiger partial charge < -0.3 is 10.6 Å². The predicted octanol–water partition coefficient (Wildman–Crippen LogP) is -0.112. The SMILES string of the molecule is CN1CCN(C2CCC(C(N)=O)C2)CC1. The van der Waals surface area contributed by atoms with Gasteiger partial charge in [0.25, 0.3) is 0 Å². The summed E-state index contributed by atoms with van der Waals surface area (Å²) in [7, 11) is 2.16. The molecule has 1 heterocycles. The maximum Gasteiger partial charge on any atom is 0.220 e. The van der Waals surface area contributed by atoms with Gasteiger partial charge in [-0.15, -0.1) is 0 Å². The highest BCUT2D eigenvalue weighted by molar-refractivity contribution is 5.76. The smallest absolute Gasteiger partial charge is 0.220 e. The maximum absolute atomic E-state index is 11.1. The van der Waals surface area contributed by atoms with Gasteiger partial charge >= 0.3 is 0 Å². The number of primary amides is 1. The highest BCUT2D eigenvalue weighted by Crippen LogP contribution is 2.29. The van der Waals surface area contributed by atoms with Crippen molar-refractivity contribution in [1.29, 1.82) is 0 Å². The molecule has 0 aromatic carbocycles. The summed E-state index contributed by atoms with van der Waals surface area (Å²) in [6.07, 6.45) is 3.13. The predicted molar refractivity (Wildman–Crippen MR) is 59.4 cm³/mol. The Balaban J connectivity index is 1.83. The van der Waals surface area contributed by atoms with Crippen molar-refractivity contribution in [2.45, 2.75) is 25.3 Å². The topological polar surface area (TPSA) is 49.6 Å². The molecule has 4 heteroatoms. The molecule has 1 aliphatic heterocycles. The van der Waals surface area contributed by atoms with Gasteiger partial charge in [-0.05, 0) is 26.3 Å². The largest absolute Gasteiger partial charge is 0.369 e. The fourth-order valence-electron chi connectivity index (χ4n) is 2.73. The first-order valence-electron chi connectivity index (χ1n) is 5.88. The zero-order valence-electron chi connectivity index (χ0n) is 9.48. The molecule has 2 fully saturated rings. The maximum atomic E-state index is 11.1. The molecule has 86 valence electrons. The summed E-state index contributed by atoms with van der Waals surface area (Å²) in [5, 5.41) is 0. The summed E-state index contributed by atoms with van der Waals surface area (Å²) in [4.78, 5) is 16.0. The molecule has 2 rings (SSSR count). The number of hydrogen-bond acceptors (Lipinski definition) is 3. The lowest BCUT2D eigenvalue weighted by Gasteiger charge is -2.36. The summed E-state index contributed by atoms with van der Waals surface area (Å²) >= 11 is 0. The van der Waals surface area contributed by atoms with Crippen LogP contribution in [-0.4, -0.2) is 55.0 Å². The van der Waals surface area contributed by atoms with E-state index in [4.69, 9.17) is 5.73 Å². The summed E-state index contributed by atoms with van der Waals surface area (Å²) in [5.41, 5.74) is 5.35. The first-order chi connectivity index (χ1) is 7.16. The van der Waals surface area contributed by atoms with Gasteiger partial charge in [0.2, 0.25) is 5.91 Å². The minimum absolute atomic E-state index is 0.105. The third-order valence-corrected chi connectivity index (χ3v) is 3.86. The highest BCUT2D eigenvalue weighted by Gasteiger charge is 2.32. The Bertz CT molecular complexity index is 236. The van der Waals surface area contributed by atoms with E-state index in [-0.39, 0.29) is 11.8 Å². The van der Waals surface area contributed by atoms with Crippen molar-refractivity contribution in [2.75, 3.05) is 33.2 Å². The molecule has 1 aliphatic carbocycles. The van der Waals surface area contributed by atoms with Crippen LogP contribution in [0.25, 0.3) is 0 Å². The van der Waals surface area contributed by atoms with Gasteiger partial charge in [-0.25, -0.2) is 0 Å². The molecule has 1 saturated carbocycles. The number of carbonyl (C=O) groups excluding carboxylic acids is 1. The van der Waals surface area contributed by atoms with E-state index in [1.165, 1.54) is 0 Å². The second-order valence-corrected chi connectivity index (χ2v) is 4.91. The Morgan fingerprint density at radius 2 is 1.87 bits per heavy atom. The summed E-state index contributed by atoms with van der Waals surface area (Å²) in [6, 6.07) is 0.608. The molecule has 2 unspecified atom stereocenters. The highest BCUT2D eigenvalue weighted by atomic mass is 16.1. The second-order valence-electron chi connectivity index (χ2n) is 4.91. The Labute approximate surface area is 91.4 Å². The lowest BCUT2D eigenvalue weighted by molar-refractivity contribution is -0.121. The number of carbonyl (C=O) groups is 1. The van der Waals surface area contributed by atoms with Crippen LogP contribution < -0.4 is 5.73 Å². The Morgan fingerprint density at radius 1 is 1.20 bits per heavy atom. The van der Waals surface area contributed by atoms with Gasteiger partial charge in [0.15, 0.2) is 0 Å². The normalized spacial score (nSPS) is 34.5. The lowest BCUT2D eigenvalue weighted by atomic mass is 10.1.